The predicted molar refractivity (Wildman–Crippen MR) is 69.0 cm³/mol. The number of nitrogens with one attached hydrogen (secondary N) is 1. The largest absolute Gasteiger partial charge is 0.388 e. The molecule has 1 unspecified atom stereocenters. The van der Waals surface area contributed by atoms with Crippen LogP contribution in [0.25, 0.3) is 0 Å². The Morgan fingerprint density at radius 2 is 2.24 bits per heavy atom. The molecule has 0 aromatic heterocycles. The van der Waals surface area contributed by atoms with Crippen LogP contribution in [0, 0.1) is 0 Å². The highest BCUT2D eigenvalue weighted by molar-refractivity contribution is 8.00. The van der Waals surface area contributed by atoms with Crippen molar-refractivity contribution in [2.24, 2.45) is 5.73 Å². The molecule has 1 heterocycles. The summed E-state index contributed by atoms with van der Waals surface area (Å²) in [4.78, 5) is 12.3. The molecule has 17 heavy (non-hydrogen) atoms. The number of hydrogen-bond acceptors (Lipinski definition) is 4. The van der Waals surface area contributed by atoms with Crippen LogP contribution in [-0.2, 0) is 4.79 Å². The highest BCUT2D eigenvalue weighted by Crippen LogP contribution is 2.34. The molecule has 0 fully saturated rings. The molecule has 1 aliphatic rings. The van der Waals surface area contributed by atoms with Crippen LogP contribution >= 0.6 is 11.8 Å². The van der Waals surface area contributed by atoms with Crippen LogP contribution in [0.1, 0.15) is 25.5 Å². The monoisotopic (exact) mass is 252 g/mol. The van der Waals surface area contributed by atoms with Gasteiger partial charge in [-0.2, -0.15) is 0 Å². The lowest BCUT2D eigenvalue weighted by molar-refractivity contribution is -0.113. The lowest BCUT2D eigenvalue weighted by atomic mass is 9.92. The van der Waals surface area contributed by atoms with Crippen LogP contribution in [0.15, 0.2) is 23.1 Å². The van der Waals surface area contributed by atoms with Crippen molar-refractivity contribution in [1.29, 1.82) is 0 Å². The van der Waals surface area contributed by atoms with Gasteiger partial charge in [0, 0.05) is 4.90 Å². The first kappa shape index (κ1) is 12.4. The number of hydrogen-bond donors (Lipinski definition) is 3. The Morgan fingerprint density at radius 1 is 1.53 bits per heavy atom. The van der Waals surface area contributed by atoms with Crippen LogP contribution in [0.3, 0.4) is 0 Å². The Kier molecular flexibility index (Phi) is 3.16. The first-order valence-corrected chi connectivity index (χ1v) is 6.41. The summed E-state index contributed by atoms with van der Waals surface area (Å²) in [6.45, 7) is 3.34. The summed E-state index contributed by atoms with van der Waals surface area (Å²) >= 11 is 1.51. The molecule has 4 N–H and O–H groups in total. The van der Waals surface area contributed by atoms with Crippen molar-refractivity contribution in [3.8, 4) is 0 Å². The Hall–Kier alpha value is -1.04. The lowest BCUT2D eigenvalue weighted by Gasteiger charge is -2.27. The number of rotatable bonds is 2. The van der Waals surface area contributed by atoms with Gasteiger partial charge in [0.25, 0.3) is 0 Å². The fourth-order valence-corrected chi connectivity index (χ4v) is 2.49. The summed E-state index contributed by atoms with van der Waals surface area (Å²) in [7, 11) is 0. The van der Waals surface area contributed by atoms with Gasteiger partial charge >= 0.3 is 0 Å². The minimum absolute atomic E-state index is 0.00326. The van der Waals surface area contributed by atoms with Gasteiger partial charge in [-0.25, -0.2) is 0 Å². The topological polar surface area (TPSA) is 75.3 Å². The van der Waals surface area contributed by atoms with Crippen LogP contribution in [0.5, 0.6) is 0 Å². The number of carbonyl (C=O) groups excluding carboxylic acids is 1. The van der Waals surface area contributed by atoms with Crippen molar-refractivity contribution >= 4 is 23.4 Å². The molecule has 0 saturated carbocycles. The summed E-state index contributed by atoms with van der Waals surface area (Å²) in [5, 5.41) is 12.7. The number of fused-ring (bicyclic) bond motifs is 1. The van der Waals surface area contributed by atoms with E-state index in [0.717, 1.165) is 16.1 Å². The molecule has 0 saturated heterocycles. The van der Waals surface area contributed by atoms with Crippen molar-refractivity contribution in [1.82, 2.24) is 0 Å². The lowest BCUT2D eigenvalue weighted by Crippen LogP contribution is -2.35. The normalized spacial score (nSPS) is 17.3. The van der Waals surface area contributed by atoms with E-state index in [1.165, 1.54) is 11.8 Å². The average Bonchev–Trinajstić information content (AvgIpc) is 2.25. The molecule has 1 aliphatic heterocycles. The maximum atomic E-state index is 11.3. The first-order chi connectivity index (χ1) is 7.88. The van der Waals surface area contributed by atoms with Crippen molar-refractivity contribution in [3.63, 3.8) is 0 Å². The van der Waals surface area contributed by atoms with E-state index in [4.69, 9.17) is 5.73 Å². The standard InChI is InChI=1S/C12H16N2O2S/c1-12(2,16)11(13)7-3-4-9-8(5-7)14-10(15)6-17-9/h3-5,11,16H,6,13H2,1-2H3,(H,14,15). The van der Waals surface area contributed by atoms with Crippen molar-refractivity contribution in [3.05, 3.63) is 23.8 Å². The van der Waals surface area contributed by atoms with Gasteiger partial charge in [-0.15, -0.1) is 11.8 Å². The van der Waals surface area contributed by atoms with E-state index in [0.29, 0.717) is 5.75 Å². The van der Waals surface area contributed by atoms with E-state index in [1.54, 1.807) is 13.8 Å². The quantitative estimate of drug-likeness (QED) is 0.745. The molecular weight excluding hydrogens is 236 g/mol. The molecule has 1 amide bonds. The zero-order chi connectivity index (χ0) is 12.6. The summed E-state index contributed by atoms with van der Waals surface area (Å²) in [6, 6.07) is 5.19. The molecule has 5 heteroatoms. The minimum Gasteiger partial charge on any atom is -0.388 e. The smallest absolute Gasteiger partial charge is 0.234 e. The van der Waals surface area contributed by atoms with Gasteiger partial charge in [-0.3, -0.25) is 4.79 Å². The molecule has 2 rings (SSSR count). The summed E-state index contributed by atoms with van der Waals surface area (Å²) in [6.07, 6.45) is 0. The third-order valence-corrected chi connectivity index (χ3v) is 3.83. The fourth-order valence-electron chi connectivity index (χ4n) is 1.70. The van der Waals surface area contributed by atoms with E-state index in [9.17, 15) is 9.90 Å². The Bertz CT molecular complexity index is 454. The number of anilines is 1. The van der Waals surface area contributed by atoms with Crippen LogP contribution in [0.2, 0.25) is 0 Å². The second kappa shape index (κ2) is 4.33. The number of thioether (sulfide) groups is 1. The maximum Gasteiger partial charge on any atom is 0.234 e. The zero-order valence-electron chi connectivity index (χ0n) is 9.86. The van der Waals surface area contributed by atoms with Crippen molar-refractivity contribution in [2.75, 3.05) is 11.1 Å². The van der Waals surface area contributed by atoms with Gasteiger partial charge in [0.15, 0.2) is 0 Å². The zero-order valence-corrected chi connectivity index (χ0v) is 10.7. The fraction of sp³-hybridized carbons (Fsp3) is 0.417. The molecule has 0 bridgehead atoms. The van der Waals surface area contributed by atoms with Gasteiger partial charge in [-0.1, -0.05) is 6.07 Å². The summed E-state index contributed by atoms with van der Waals surface area (Å²) < 4.78 is 0. The predicted octanol–water partition coefficient (Wildman–Crippen LogP) is 1.50. The van der Waals surface area contributed by atoms with E-state index in [-0.39, 0.29) is 5.91 Å². The van der Waals surface area contributed by atoms with Gasteiger partial charge in [0.2, 0.25) is 5.91 Å². The Morgan fingerprint density at radius 3 is 2.88 bits per heavy atom. The third kappa shape index (κ3) is 2.62. The summed E-state index contributed by atoms with van der Waals surface area (Å²) in [5.41, 5.74) is 6.58. The molecule has 0 aliphatic carbocycles. The molecule has 0 spiro atoms. The highest BCUT2D eigenvalue weighted by Gasteiger charge is 2.26. The van der Waals surface area contributed by atoms with Crippen LogP contribution in [-0.4, -0.2) is 22.4 Å². The molecule has 4 nitrogen and oxygen atoms in total. The minimum atomic E-state index is -0.986. The molecule has 1 aromatic rings. The van der Waals surface area contributed by atoms with E-state index >= 15 is 0 Å². The van der Waals surface area contributed by atoms with E-state index in [2.05, 4.69) is 5.32 Å². The Labute approximate surface area is 105 Å². The van der Waals surface area contributed by atoms with Crippen molar-refractivity contribution < 1.29 is 9.90 Å². The molecule has 1 atom stereocenters. The molecule has 1 aromatic carbocycles. The van der Waals surface area contributed by atoms with Crippen LogP contribution < -0.4 is 11.1 Å². The van der Waals surface area contributed by atoms with Gasteiger partial charge in [-0.05, 0) is 31.5 Å². The number of carbonyl (C=O) groups is 1. The summed E-state index contributed by atoms with van der Waals surface area (Å²) in [5.74, 6) is 0.445. The SMILES string of the molecule is CC(C)(O)C(N)c1ccc2c(c1)NC(=O)CS2. The number of aliphatic hydroxyl groups is 1. The molecular formula is C12H16N2O2S. The van der Waals surface area contributed by atoms with Gasteiger partial charge < -0.3 is 16.2 Å². The Balaban J connectivity index is 2.33. The second-order valence-electron chi connectivity index (χ2n) is 4.72. The second-order valence-corrected chi connectivity index (χ2v) is 5.74. The van der Waals surface area contributed by atoms with Gasteiger partial charge in [0.05, 0.1) is 23.1 Å². The maximum absolute atomic E-state index is 11.3. The number of benzene rings is 1. The van der Waals surface area contributed by atoms with E-state index in [1.807, 2.05) is 18.2 Å². The molecule has 0 radical (unpaired) electrons. The first-order valence-electron chi connectivity index (χ1n) is 5.42. The van der Waals surface area contributed by atoms with Crippen LogP contribution in [0.4, 0.5) is 5.69 Å². The highest BCUT2D eigenvalue weighted by atomic mass is 32.2. The van der Waals surface area contributed by atoms with Gasteiger partial charge in [0.1, 0.15) is 0 Å². The number of amides is 1. The van der Waals surface area contributed by atoms with Crippen molar-refractivity contribution in [2.45, 2.75) is 30.4 Å². The van der Waals surface area contributed by atoms with E-state index < -0.39 is 11.6 Å². The number of nitrogens with two attached hydrogens (primary N) is 1. The molecule has 92 valence electrons. The third-order valence-electron chi connectivity index (χ3n) is 2.76. The average molecular weight is 252 g/mol.